The van der Waals surface area contributed by atoms with Gasteiger partial charge in [0.2, 0.25) is 0 Å². The van der Waals surface area contributed by atoms with E-state index in [1.54, 1.807) is 0 Å². The first-order chi connectivity index (χ1) is 5.76. The topological polar surface area (TPSA) is 29.9 Å². The van der Waals surface area contributed by atoms with Gasteiger partial charge in [-0.05, 0) is 12.8 Å². The molecule has 0 saturated carbocycles. The molecule has 1 rings (SSSR count). The lowest BCUT2D eigenvalue weighted by Crippen LogP contribution is -2.16. The van der Waals surface area contributed by atoms with E-state index in [1.165, 1.54) is 0 Å². The minimum absolute atomic E-state index is 0.578. The van der Waals surface area contributed by atoms with E-state index in [1.807, 2.05) is 24.1 Å². The molecule has 0 aliphatic rings. The van der Waals surface area contributed by atoms with Crippen molar-refractivity contribution in [1.82, 2.24) is 9.78 Å². The van der Waals surface area contributed by atoms with Crippen LogP contribution >= 0.6 is 0 Å². The van der Waals surface area contributed by atoms with Crippen LogP contribution in [0, 0.1) is 0 Å². The fourth-order valence-corrected chi connectivity index (χ4v) is 1.22. The molecule has 0 bridgehead atoms. The highest BCUT2D eigenvalue weighted by atomic mass is 15.3. The van der Waals surface area contributed by atoms with E-state index >= 15 is 0 Å². The van der Waals surface area contributed by atoms with Gasteiger partial charge in [0, 0.05) is 19.3 Å². The van der Waals surface area contributed by atoms with Gasteiger partial charge in [-0.15, -0.1) is 0 Å². The van der Waals surface area contributed by atoms with Crippen molar-refractivity contribution in [3.8, 4) is 0 Å². The van der Waals surface area contributed by atoms with Gasteiger partial charge >= 0.3 is 0 Å². The molecule has 0 atom stereocenters. The molecule has 0 amide bonds. The number of hydrogen-bond donors (Lipinski definition) is 1. The third-order valence-corrected chi connectivity index (χ3v) is 2.06. The van der Waals surface area contributed by atoms with Gasteiger partial charge in [0.1, 0.15) is 0 Å². The SMILES string of the molecule is CCC(CC)Nc1cnn(C)c1. The molecule has 0 aliphatic carbocycles. The molecule has 68 valence electrons. The van der Waals surface area contributed by atoms with Gasteiger partial charge in [-0.3, -0.25) is 4.68 Å². The van der Waals surface area contributed by atoms with Crippen molar-refractivity contribution in [1.29, 1.82) is 0 Å². The van der Waals surface area contributed by atoms with E-state index in [0.29, 0.717) is 6.04 Å². The van der Waals surface area contributed by atoms with E-state index in [0.717, 1.165) is 18.5 Å². The van der Waals surface area contributed by atoms with Crippen LogP contribution in [0.15, 0.2) is 12.4 Å². The van der Waals surface area contributed by atoms with Gasteiger partial charge < -0.3 is 5.32 Å². The Kier molecular flexibility index (Phi) is 3.14. The maximum Gasteiger partial charge on any atom is 0.0728 e. The summed E-state index contributed by atoms with van der Waals surface area (Å²) in [5.41, 5.74) is 1.12. The van der Waals surface area contributed by atoms with E-state index in [9.17, 15) is 0 Å². The quantitative estimate of drug-likeness (QED) is 0.743. The van der Waals surface area contributed by atoms with Gasteiger partial charge in [0.15, 0.2) is 0 Å². The predicted octanol–water partition coefficient (Wildman–Crippen LogP) is 2.02. The van der Waals surface area contributed by atoms with Crippen molar-refractivity contribution in [2.45, 2.75) is 32.7 Å². The monoisotopic (exact) mass is 167 g/mol. The van der Waals surface area contributed by atoms with Crippen molar-refractivity contribution in [2.75, 3.05) is 5.32 Å². The second-order valence-corrected chi connectivity index (χ2v) is 3.06. The molecule has 3 heteroatoms. The van der Waals surface area contributed by atoms with Gasteiger partial charge in [0.05, 0.1) is 11.9 Å². The molecule has 0 radical (unpaired) electrons. The molecule has 1 N–H and O–H groups in total. The second-order valence-electron chi connectivity index (χ2n) is 3.06. The molecular formula is C9H17N3. The largest absolute Gasteiger partial charge is 0.380 e. The van der Waals surface area contributed by atoms with Crippen molar-refractivity contribution in [2.24, 2.45) is 7.05 Å². The summed E-state index contributed by atoms with van der Waals surface area (Å²) in [4.78, 5) is 0. The third kappa shape index (κ3) is 2.26. The zero-order chi connectivity index (χ0) is 8.97. The summed E-state index contributed by atoms with van der Waals surface area (Å²) < 4.78 is 1.81. The zero-order valence-corrected chi connectivity index (χ0v) is 8.04. The minimum atomic E-state index is 0.578. The van der Waals surface area contributed by atoms with Gasteiger partial charge in [0.25, 0.3) is 0 Å². The Hall–Kier alpha value is -0.990. The van der Waals surface area contributed by atoms with Crippen LogP contribution in [0.1, 0.15) is 26.7 Å². The van der Waals surface area contributed by atoms with E-state index in [4.69, 9.17) is 0 Å². The van der Waals surface area contributed by atoms with Gasteiger partial charge in [-0.1, -0.05) is 13.8 Å². The fraction of sp³-hybridized carbons (Fsp3) is 0.667. The Labute approximate surface area is 73.8 Å². The average molecular weight is 167 g/mol. The molecule has 0 spiro atoms. The molecule has 0 aromatic carbocycles. The fourth-order valence-electron chi connectivity index (χ4n) is 1.22. The lowest BCUT2D eigenvalue weighted by atomic mass is 10.2. The number of aromatic nitrogens is 2. The number of nitrogens with one attached hydrogen (secondary N) is 1. The summed E-state index contributed by atoms with van der Waals surface area (Å²) >= 11 is 0. The summed E-state index contributed by atoms with van der Waals surface area (Å²) in [6.07, 6.45) is 6.17. The summed E-state index contributed by atoms with van der Waals surface area (Å²) in [6.45, 7) is 4.38. The third-order valence-electron chi connectivity index (χ3n) is 2.06. The van der Waals surface area contributed by atoms with Gasteiger partial charge in [-0.25, -0.2) is 0 Å². The van der Waals surface area contributed by atoms with Crippen molar-refractivity contribution >= 4 is 5.69 Å². The van der Waals surface area contributed by atoms with Crippen LogP contribution < -0.4 is 5.32 Å². The van der Waals surface area contributed by atoms with Gasteiger partial charge in [-0.2, -0.15) is 5.10 Å². The molecule has 1 heterocycles. The van der Waals surface area contributed by atoms with Crippen LogP contribution in [-0.2, 0) is 7.05 Å². The second kappa shape index (κ2) is 4.14. The number of nitrogens with zero attached hydrogens (tertiary/aromatic N) is 2. The highest BCUT2D eigenvalue weighted by Gasteiger charge is 2.03. The summed E-state index contributed by atoms with van der Waals surface area (Å²) in [7, 11) is 1.93. The zero-order valence-electron chi connectivity index (χ0n) is 8.04. The summed E-state index contributed by atoms with van der Waals surface area (Å²) in [5.74, 6) is 0. The van der Waals surface area contributed by atoms with Crippen molar-refractivity contribution in [3.05, 3.63) is 12.4 Å². The van der Waals surface area contributed by atoms with E-state index in [-0.39, 0.29) is 0 Å². The lowest BCUT2D eigenvalue weighted by Gasteiger charge is -2.13. The van der Waals surface area contributed by atoms with Crippen LogP contribution in [0.4, 0.5) is 5.69 Å². The molecular weight excluding hydrogens is 150 g/mol. The Bertz CT molecular complexity index is 225. The molecule has 1 aromatic heterocycles. The normalized spacial score (nSPS) is 10.7. The highest BCUT2D eigenvalue weighted by molar-refractivity contribution is 5.38. The van der Waals surface area contributed by atoms with Crippen molar-refractivity contribution in [3.63, 3.8) is 0 Å². The van der Waals surface area contributed by atoms with E-state index in [2.05, 4.69) is 24.3 Å². The summed E-state index contributed by atoms with van der Waals surface area (Å²) in [5, 5.41) is 7.51. The smallest absolute Gasteiger partial charge is 0.0728 e. The van der Waals surface area contributed by atoms with Crippen LogP contribution in [0.25, 0.3) is 0 Å². The van der Waals surface area contributed by atoms with Crippen LogP contribution in [0.5, 0.6) is 0 Å². The Morgan fingerprint density at radius 3 is 2.58 bits per heavy atom. The van der Waals surface area contributed by atoms with Crippen LogP contribution in [-0.4, -0.2) is 15.8 Å². The maximum absolute atomic E-state index is 4.09. The maximum atomic E-state index is 4.09. The first kappa shape index (κ1) is 9.10. The molecule has 0 aliphatic heterocycles. The predicted molar refractivity (Wildman–Crippen MR) is 51.2 cm³/mol. The highest BCUT2D eigenvalue weighted by Crippen LogP contribution is 2.09. The van der Waals surface area contributed by atoms with Crippen molar-refractivity contribution < 1.29 is 0 Å². The molecule has 12 heavy (non-hydrogen) atoms. The van der Waals surface area contributed by atoms with Crippen LogP contribution in [0.3, 0.4) is 0 Å². The molecule has 0 fully saturated rings. The number of anilines is 1. The lowest BCUT2D eigenvalue weighted by molar-refractivity contribution is 0.671. The van der Waals surface area contributed by atoms with E-state index < -0.39 is 0 Å². The Balaban J connectivity index is 2.50. The average Bonchev–Trinajstić information content (AvgIpc) is 2.47. The van der Waals surface area contributed by atoms with Crippen LogP contribution in [0.2, 0.25) is 0 Å². The molecule has 0 saturated heterocycles. The first-order valence-electron chi connectivity index (χ1n) is 4.51. The molecule has 3 nitrogen and oxygen atoms in total. The number of hydrogen-bond acceptors (Lipinski definition) is 2. The Morgan fingerprint density at radius 1 is 1.50 bits per heavy atom. The Morgan fingerprint density at radius 2 is 2.17 bits per heavy atom. The molecule has 1 aromatic rings. The standard InChI is InChI=1S/C9H17N3/c1-4-8(5-2)11-9-6-10-12(3)7-9/h6-8,11H,4-5H2,1-3H3. The summed E-state index contributed by atoms with van der Waals surface area (Å²) in [6, 6.07) is 0.578. The molecule has 0 unspecified atom stereocenters. The minimum Gasteiger partial charge on any atom is -0.380 e. The first-order valence-corrected chi connectivity index (χ1v) is 4.51. The number of aryl methyl sites for hydroxylation is 1. The number of rotatable bonds is 4.